The molecule has 2 aliphatic carbocycles. The van der Waals surface area contributed by atoms with E-state index < -0.39 is 34.5 Å². The Morgan fingerprint density at radius 1 is 0.390 bits per heavy atom. The highest BCUT2D eigenvalue weighted by atomic mass is 16.5. The van der Waals surface area contributed by atoms with Gasteiger partial charge in [0.2, 0.25) is 0 Å². The molecule has 366 valence electrons. The van der Waals surface area contributed by atoms with E-state index in [1.807, 2.05) is 84.9 Å². The standard InChI is InChI=1S/C70H46N2O5/c1-3-44-22-24-45(25-23-44)42-77-52-36-34-51(35-37-52)72-66(74)58-39-31-49(41-60(58)68(72)76)70(63-18-10-6-14-55(63)56-15-7-11-19-64(56)70)48-30-38-57-59(40-48)67(75)71(65(57)73)50-32-28-47(29-33-50)69(46-26-20-43(2)21-27-46)61-16-8-4-12-53(61)54-13-5-9-17-62(54)69/h3-41H,1,42H2,2H3. The minimum absolute atomic E-state index is 0.271. The van der Waals surface area contributed by atoms with Gasteiger partial charge in [0.1, 0.15) is 12.4 Å². The lowest BCUT2D eigenvalue weighted by Gasteiger charge is -2.34. The van der Waals surface area contributed by atoms with E-state index in [2.05, 4.69) is 123 Å². The summed E-state index contributed by atoms with van der Waals surface area (Å²) in [5.41, 5.74) is 15.7. The van der Waals surface area contributed by atoms with E-state index >= 15 is 4.79 Å². The van der Waals surface area contributed by atoms with Crippen molar-refractivity contribution < 1.29 is 23.9 Å². The van der Waals surface area contributed by atoms with Crippen LogP contribution in [0.2, 0.25) is 0 Å². The van der Waals surface area contributed by atoms with Crippen molar-refractivity contribution in [1.29, 1.82) is 0 Å². The SMILES string of the molecule is C=Cc1ccc(COc2ccc(N3C(=O)c4ccc(C5(c6ccc7c(c6)C(=O)N(c6ccc(C8(c9ccc(C)cc9)c9ccccc9-c9ccccc98)cc6)C7=O)c6ccccc6-c6ccccc65)cc4C3=O)cc2)cc1. The van der Waals surface area contributed by atoms with E-state index in [0.29, 0.717) is 34.9 Å². The van der Waals surface area contributed by atoms with E-state index in [9.17, 15) is 14.4 Å². The molecule has 7 heteroatoms. The van der Waals surface area contributed by atoms with E-state index in [-0.39, 0.29) is 11.1 Å². The summed E-state index contributed by atoms with van der Waals surface area (Å²) in [5.74, 6) is -1.11. The van der Waals surface area contributed by atoms with Crippen LogP contribution in [0.4, 0.5) is 11.4 Å². The third-order valence-corrected chi connectivity index (χ3v) is 16.3. The number of ether oxygens (including phenoxy) is 1. The maximum Gasteiger partial charge on any atom is 0.266 e. The Morgan fingerprint density at radius 3 is 1.18 bits per heavy atom. The van der Waals surface area contributed by atoms with Crippen molar-refractivity contribution in [3.63, 3.8) is 0 Å². The quantitative estimate of drug-likeness (QED) is 0.127. The molecule has 0 saturated heterocycles. The van der Waals surface area contributed by atoms with Crippen LogP contribution in [-0.2, 0) is 17.4 Å². The monoisotopic (exact) mass is 994 g/mol. The van der Waals surface area contributed by atoms with Crippen LogP contribution in [0, 0.1) is 6.92 Å². The summed E-state index contributed by atoms with van der Waals surface area (Å²) in [7, 11) is 0. The van der Waals surface area contributed by atoms with Crippen molar-refractivity contribution in [1.82, 2.24) is 0 Å². The van der Waals surface area contributed by atoms with Crippen LogP contribution >= 0.6 is 0 Å². The van der Waals surface area contributed by atoms with Crippen molar-refractivity contribution in [2.45, 2.75) is 24.4 Å². The van der Waals surface area contributed by atoms with Gasteiger partial charge in [-0.1, -0.05) is 188 Å². The normalized spacial score (nSPS) is 14.9. The number of carbonyl (C=O) groups excluding carboxylic acids is 4. The number of carbonyl (C=O) groups is 4. The molecule has 4 aliphatic rings. The fourth-order valence-electron chi connectivity index (χ4n) is 12.7. The van der Waals surface area contributed by atoms with E-state index in [1.165, 1.54) is 32.1 Å². The Balaban J connectivity index is 0.828. The third-order valence-electron chi connectivity index (χ3n) is 16.3. The molecule has 77 heavy (non-hydrogen) atoms. The average Bonchev–Trinajstić information content (AvgIpc) is 4.27. The van der Waals surface area contributed by atoms with Crippen molar-refractivity contribution in [3.8, 4) is 28.0 Å². The summed E-state index contributed by atoms with van der Waals surface area (Å²) in [6.07, 6.45) is 1.79. The molecule has 4 amide bonds. The lowest BCUT2D eigenvalue weighted by atomic mass is 9.67. The van der Waals surface area contributed by atoms with Gasteiger partial charge in [0.05, 0.1) is 44.5 Å². The molecule has 0 spiro atoms. The number of fused-ring (bicyclic) bond motifs is 8. The number of nitrogens with zero attached hydrogens (tertiary/aromatic N) is 2. The summed E-state index contributed by atoms with van der Waals surface area (Å²) in [6.45, 7) is 6.26. The van der Waals surface area contributed by atoms with Crippen LogP contribution in [0.5, 0.6) is 5.75 Å². The topological polar surface area (TPSA) is 84.0 Å². The molecule has 2 heterocycles. The predicted molar refractivity (Wildman–Crippen MR) is 302 cm³/mol. The van der Waals surface area contributed by atoms with Gasteiger partial charge in [-0.05, 0) is 145 Å². The minimum Gasteiger partial charge on any atom is -0.489 e. The van der Waals surface area contributed by atoms with Gasteiger partial charge in [-0.15, -0.1) is 0 Å². The summed E-state index contributed by atoms with van der Waals surface area (Å²) in [6, 6.07) is 76.0. The first kappa shape index (κ1) is 45.6. The molecule has 10 aromatic carbocycles. The van der Waals surface area contributed by atoms with Gasteiger partial charge in [-0.2, -0.15) is 0 Å². The smallest absolute Gasteiger partial charge is 0.266 e. The first-order valence-corrected chi connectivity index (χ1v) is 25.8. The zero-order chi connectivity index (χ0) is 52.2. The van der Waals surface area contributed by atoms with Crippen LogP contribution < -0.4 is 14.5 Å². The van der Waals surface area contributed by atoms with E-state index in [4.69, 9.17) is 4.74 Å². The fraction of sp³-hybridized carbons (Fsp3) is 0.0571. The highest BCUT2D eigenvalue weighted by molar-refractivity contribution is 6.35. The molecular weight excluding hydrogens is 949 g/mol. The second-order valence-electron chi connectivity index (χ2n) is 20.2. The van der Waals surface area contributed by atoms with Gasteiger partial charge < -0.3 is 4.74 Å². The molecule has 0 N–H and O–H groups in total. The van der Waals surface area contributed by atoms with Crippen LogP contribution in [0.15, 0.2) is 237 Å². The fourth-order valence-corrected chi connectivity index (χ4v) is 12.7. The molecule has 0 bridgehead atoms. The molecule has 0 aromatic heterocycles. The lowest BCUT2D eigenvalue weighted by molar-refractivity contribution is 0.0910. The Labute approximate surface area is 445 Å². The number of anilines is 2. The maximum absolute atomic E-state index is 15.0. The molecular formula is C70H46N2O5. The van der Waals surface area contributed by atoms with Crippen LogP contribution in [0.3, 0.4) is 0 Å². The number of hydrogen-bond acceptors (Lipinski definition) is 5. The highest BCUT2D eigenvalue weighted by Crippen LogP contribution is 2.58. The first-order valence-electron chi connectivity index (χ1n) is 25.8. The average molecular weight is 995 g/mol. The molecule has 0 saturated carbocycles. The summed E-state index contributed by atoms with van der Waals surface area (Å²) in [5, 5.41) is 0. The van der Waals surface area contributed by atoms with Crippen molar-refractivity contribution in [2.75, 3.05) is 9.80 Å². The zero-order valence-corrected chi connectivity index (χ0v) is 41.9. The van der Waals surface area contributed by atoms with E-state index in [1.54, 1.807) is 42.5 Å². The van der Waals surface area contributed by atoms with Gasteiger partial charge in [-0.25, -0.2) is 9.80 Å². The number of imide groups is 2. The molecule has 10 aromatic rings. The zero-order valence-electron chi connectivity index (χ0n) is 41.9. The molecule has 2 aliphatic heterocycles. The van der Waals surface area contributed by atoms with Crippen molar-refractivity contribution >= 4 is 41.1 Å². The highest BCUT2D eigenvalue weighted by Gasteiger charge is 2.50. The maximum atomic E-state index is 15.0. The van der Waals surface area contributed by atoms with Gasteiger partial charge >= 0.3 is 0 Å². The third kappa shape index (κ3) is 6.56. The summed E-state index contributed by atoms with van der Waals surface area (Å²) in [4.78, 5) is 61.1. The summed E-state index contributed by atoms with van der Waals surface area (Å²) < 4.78 is 6.06. The molecule has 0 unspecified atom stereocenters. The van der Waals surface area contributed by atoms with Crippen LogP contribution in [0.25, 0.3) is 28.3 Å². The Morgan fingerprint density at radius 2 is 0.753 bits per heavy atom. The largest absolute Gasteiger partial charge is 0.489 e. The first-order chi connectivity index (χ1) is 37.7. The minimum atomic E-state index is -1.06. The van der Waals surface area contributed by atoms with Crippen molar-refractivity contribution in [2.24, 2.45) is 0 Å². The molecule has 7 nitrogen and oxygen atoms in total. The molecule has 14 rings (SSSR count). The second-order valence-corrected chi connectivity index (χ2v) is 20.2. The van der Waals surface area contributed by atoms with Gasteiger partial charge in [0, 0.05) is 0 Å². The lowest BCUT2D eigenvalue weighted by Crippen LogP contribution is -2.31. The Kier molecular flexibility index (Phi) is 10.2. The number of aryl methyl sites for hydroxylation is 1. The number of benzene rings is 10. The number of amides is 4. The Hall–Kier alpha value is -9.98. The molecule has 0 fully saturated rings. The molecule has 0 radical (unpaired) electrons. The number of hydrogen-bond donors (Lipinski definition) is 0. The van der Waals surface area contributed by atoms with Crippen LogP contribution in [-0.4, -0.2) is 23.6 Å². The van der Waals surface area contributed by atoms with Crippen LogP contribution in [0.1, 0.15) is 103 Å². The van der Waals surface area contributed by atoms with Gasteiger partial charge in [0.25, 0.3) is 23.6 Å². The van der Waals surface area contributed by atoms with E-state index in [0.717, 1.165) is 61.2 Å². The second kappa shape index (κ2) is 17.3. The predicted octanol–water partition coefficient (Wildman–Crippen LogP) is 14.5. The van der Waals surface area contributed by atoms with Crippen molar-refractivity contribution in [3.05, 3.63) is 321 Å². The number of rotatable bonds is 10. The van der Waals surface area contributed by atoms with Gasteiger partial charge in [0.15, 0.2) is 0 Å². The summed E-state index contributed by atoms with van der Waals surface area (Å²) >= 11 is 0. The molecule has 0 atom stereocenters. The Bertz CT molecular complexity index is 4060. The van der Waals surface area contributed by atoms with Gasteiger partial charge in [-0.3, -0.25) is 19.2 Å².